The molecule has 5 rings (SSSR count). The Hall–Kier alpha value is -2.88. The van der Waals surface area contributed by atoms with Crippen molar-refractivity contribution in [1.29, 1.82) is 0 Å². The van der Waals surface area contributed by atoms with E-state index in [1.165, 1.54) is 12.1 Å². The summed E-state index contributed by atoms with van der Waals surface area (Å²) in [4.78, 5) is 20.7. The number of imidazole rings is 1. The Morgan fingerprint density at radius 2 is 1.97 bits per heavy atom. The Morgan fingerprint density at radius 3 is 2.81 bits per heavy atom. The van der Waals surface area contributed by atoms with E-state index >= 15 is 0 Å². The maximum absolute atomic E-state index is 14.4. The van der Waals surface area contributed by atoms with Gasteiger partial charge in [-0.05, 0) is 43.2 Å². The lowest BCUT2D eigenvalue weighted by atomic mass is 10.0. The highest BCUT2D eigenvalue weighted by atomic mass is 32.2. The summed E-state index contributed by atoms with van der Waals surface area (Å²) in [5.74, 6) is 2.08. The highest BCUT2D eigenvalue weighted by Crippen LogP contribution is 2.36. The summed E-state index contributed by atoms with van der Waals surface area (Å²) >= 11 is 1.84. The first kappa shape index (κ1) is 20.0. The van der Waals surface area contributed by atoms with Crippen molar-refractivity contribution in [2.75, 3.05) is 41.4 Å². The van der Waals surface area contributed by atoms with Crippen LogP contribution in [0.15, 0.2) is 36.5 Å². The molecular formula is C21H22F2N6OS. The molecule has 2 amide bonds. The van der Waals surface area contributed by atoms with Gasteiger partial charge in [0.1, 0.15) is 17.5 Å². The molecule has 31 heavy (non-hydrogen) atoms. The Kier molecular flexibility index (Phi) is 5.39. The lowest BCUT2D eigenvalue weighted by molar-refractivity contribution is 0.217. The molecule has 10 heteroatoms. The molecule has 2 aliphatic heterocycles. The number of fused-ring (bicyclic) bond motifs is 1. The number of aromatic nitrogens is 3. The molecule has 0 bridgehead atoms. The second-order valence-electron chi connectivity index (χ2n) is 7.65. The number of rotatable bonds is 3. The van der Waals surface area contributed by atoms with Gasteiger partial charge in [0.2, 0.25) is 0 Å². The molecular weight excluding hydrogens is 422 g/mol. The van der Waals surface area contributed by atoms with Gasteiger partial charge in [-0.1, -0.05) is 0 Å². The zero-order chi connectivity index (χ0) is 21.4. The number of urea groups is 1. The van der Waals surface area contributed by atoms with Crippen LogP contribution in [-0.4, -0.2) is 56.7 Å². The Balaban J connectivity index is 1.43. The van der Waals surface area contributed by atoms with E-state index in [9.17, 15) is 13.6 Å². The van der Waals surface area contributed by atoms with Gasteiger partial charge in [0.15, 0.2) is 11.5 Å². The number of nitrogens with one attached hydrogen (secondary N) is 1. The van der Waals surface area contributed by atoms with Crippen molar-refractivity contribution in [2.45, 2.75) is 18.9 Å². The molecule has 3 aromatic rings. The van der Waals surface area contributed by atoms with Gasteiger partial charge in [0, 0.05) is 36.7 Å². The van der Waals surface area contributed by atoms with Gasteiger partial charge in [-0.15, -0.1) is 5.10 Å². The molecule has 0 saturated carbocycles. The minimum atomic E-state index is -0.456. The van der Waals surface area contributed by atoms with Crippen molar-refractivity contribution in [3.8, 4) is 0 Å². The van der Waals surface area contributed by atoms with Gasteiger partial charge in [0.25, 0.3) is 0 Å². The van der Waals surface area contributed by atoms with Crippen LogP contribution in [0.4, 0.5) is 25.2 Å². The van der Waals surface area contributed by atoms with E-state index in [1.54, 1.807) is 15.6 Å². The summed E-state index contributed by atoms with van der Waals surface area (Å²) in [6.07, 6.45) is 3.14. The maximum Gasteiger partial charge on any atom is 0.323 e. The Labute approximate surface area is 182 Å². The normalized spacial score (nSPS) is 19.2. The summed E-state index contributed by atoms with van der Waals surface area (Å²) in [7, 11) is 0. The number of carbonyl (C=O) groups excluding carboxylic acids is 1. The number of anilines is 2. The van der Waals surface area contributed by atoms with E-state index in [4.69, 9.17) is 0 Å². The number of halogens is 2. The number of thioether (sulfide) groups is 1. The van der Waals surface area contributed by atoms with Crippen LogP contribution in [0, 0.1) is 11.6 Å². The minimum Gasteiger partial charge on any atom is -0.348 e. The molecule has 2 fully saturated rings. The molecule has 0 aliphatic carbocycles. The monoisotopic (exact) mass is 444 g/mol. The molecule has 2 aromatic heterocycles. The van der Waals surface area contributed by atoms with Gasteiger partial charge in [-0.2, -0.15) is 16.3 Å². The molecule has 1 N–H and O–H groups in total. The summed E-state index contributed by atoms with van der Waals surface area (Å²) in [5, 5.41) is 7.57. The summed E-state index contributed by atoms with van der Waals surface area (Å²) in [5.41, 5.74) is 0.933. The quantitative estimate of drug-likeness (QED) is 0.663. The SMILES string of the molecule is O=C(Nc1cnc2ccc(N3CCCC3c3cc(F)ccc3F)nn12)N1CCSCC1. The van der Waals surface area contributed by atoms with Crippen molar-refractivity contribution >= 4 is 35.1 Å². The first-order chi connectivity index (χ1) is 15.1. The van der Waals surface area contributed by atoms with Gasteiger partial charge in [0.05, 0.1) is 12.2 Å². The second-order valence-corrected chi connectivity index (χ2v) is 8.88. The summed E-state index contributed by atoms with van der Waals surface area (Å²) in [6, 6.07) is 6.72. The highest BCUT2D eigenvalue weighted by Gasteiger charge is 2.30. The van der Waals surface area contributed by atoms with E-state index in [2.05, 4.69) is 15.4 Å². The van der Waals surface area contributed by atoms with E-state index in [-0.39, 0.29) is 12.1 Å². The first-order valence-corrected chi connectivity index (χ1v) is 11.5. The predicted octanol–water partition coefficient (Wildman–Crippen LogP) is 3.93. The van der Waals surface area contributed by atoms with Crippen LogP contribution in [0.3, 0.4) is 0 Å². The molecule has 4 heterocycles. The number of benzene rings is 1. The lowest BCUT2D eigenvalue weighted by Crippen LogP contribution is -2.40. The standard InChI is InChI=1S/C21H22F2N6OS/c22-14-3-4-16(23)15(12-14)17-2-1-7-28(17)19-6-5-18-24-13-20(29(18)26-19)25-21(30)27-8-10-31-11-9-27/h3-6,12-13,17H,1-2,7-11H2,(H,25,30). The molecule has 0 spiro atoms. The molecule has 162 valence electrons. The van der Waals surface area contributed by atoms with Crippen molar-refractivity contribution in [2.24, 2.45) is 0 Å². The van der Waals surface area contributed by atoms with Crippen LogP contribution in [0.2, 0.25) is 0 Å². The molecule has 2 aliphatic rings. The fourth-order valence-corrected chi connectivity index (χ4v) is 5.09. The van der Waals surface area contributed by atoms with Crippen molar-refractivity contribution in [1.82, 2.24) is 19.5 Å². The van der Waals surface area contributed by atoms with Crippen LogP contribution in [0.25, 0.3) is 5.65 Å². The van der Waals surface area contributed by atoms with E-state index in [0.29, 0.717) is 48.9 Å². The van der Waals surface area contributed by atoms with Crippen LogP contribution < -0.4 is 10.2 Å². The van der Waals surface area contributed by atoms with E-state index in [1.807, 2.05) is 28.8 Å². The number of carbonyl (C=O) groups is 1. The first-order valence-electron chi connectivity index (χ1n) is 10.3. The molecule has 7 nitrogen and oxygen atoms in total. The third-order valence-corrected chi connectivity index (χ3v) is 6.69. The Bertz CT molecular complexity index is 1120. The topological polar surface area (TPSA) is 65.8 Å². The Morgan fingerprint density at radius 1 is 1.13 bits per heavy atom. The number of hydrogen-bond acceptors (Lipinski definition) is 5. The zero-order valence-corrected chi connectivity index (χ0v) is 17.6. The molecule has 2 saturated heterocycles. The van der Waals surface area contributed by atoms with Crippen LogP contribution in [-0.2, 0) is 0 Å². The van der Waals surface area contributed by atoms with Gasteiger partial charge >= 0.3 is 6.03 Å². The molecule has 1 aromatic carbocycles. The predicted molar refractivity (Wildman–Crippen MR) is 117 cm³/mol. The van der Waals surface area contributed by atoms with Gasteiger partial charge in [-0.25, -0.2) is 18.6 Å². The smallest absolute Gasteiger partial charge is 0.323 e. The van der Waals surface area contributed by atoms with Crippen molar-refractivity contribution < 1.29 is 13.6 Å². The van der Waals surface area contributed by atoms with Gasteiger partial charge < -0.3 is 9.80 Å². The average molecular weight is 445 g/mol. The second kappa shape index (κ2) is 8.33. The van der Waals surface area contributed by atoms with Crippen molar-refractivity contribution in [3.05, 3.63) is 53.7 Å². The summed E-state index contributed by atoms with van der Waals surface area (Å²) in [6.45, 7) is 2.10. The molecule has 1 unspecified atom stereocenters. The third-order valence-electron chi connectivity index (χ3n) is 5.75. The van der Waals surface area contributed by atoms with Crippen LogP contribution in [0.5, 0.6) is 0 Å². The van der Waals surface area contributed by atoms with E-state index < -0.39 is 11.6 Å². The summed E-state index contributed by atoms with van der Waals surface area (Å²) < 4.78 is 29.8. The van der Waals surface area contributed by atoms with Crippen molar-refractivity contribution in [3.63, 3.8) is 0 Å². The highest BCUT2D eigenvalue weighted by molar-refractivity contribution is 7.99. The fraction of sp³-hybridized carbons (Fsp3) is 0.381. The number of amides is 2. The number of hydrogen-bond donors (Lipinski definition) is 1. The average Bonchev–Trinajstić information content (AvgIpc) is 3.43. The third kappa shape index (κ3) is 3.91. The largest absolute Gasteiger partial charge is 0.348 e. The lowest BCUT2D eigenvalue weighted by Gasteiger charge is -2.27. The fourth-order valence-electron chi connectivity index (χ4n) is 4.19. The van der Waals surface area contributed by atoms with Crippen LogP contribution in [0.1, 0.15) is 24.4 Å². The molecule has 0 radical (unpaired) electrons. The molecule has 1 atom stereocenters. The minimum absolute atomic E-state index is 0.171. The maximum atomic E-state index is 14.4. The number of nitrogens with zero attached hydrogens (tertiary/aromatic N) is 5. The van der Waals surface area contributed by atoms with Crippen LogP contribution >= 0.6 is 11.8 Å². The van der Waals surface area contributed by atoms with E-state index in [0.717, 1.165) is 24.0 Å². The zero-order valence-electron chi connectivity index (χ0n) is 16.8. The van der Waals surface area contributed by atoms with Gasteiger partial charge in [-0.3, -0.25) is 5.32 Å².